The van der Waals surface area contributed by atoms with E-state index in [4.69, 9.17) is 0 Å². The smallest absolute Gasteiger partial charge is 0.204 e. The Bertz CT molecular complexity index is 425. The molecule has 0 heterocycles. The molecule has 0 aliphatic rings. The van der Waals surface area contributed by atoms with Crippen LogP contribution in [0.15, 0.2) is 12.2 Å². The molecule has 0 radical (unpaired) electrons. The van der Waals surface area contributed by atoms with Gasteiger partial charge >= 0.3 is 0 Å². The van der Waals surface area contributed by atoms with Crippen LogP contribution in [-0.2, 0) is 6.42 Å². The molecule has 0 aliphatic heterocycles. The molecule has 1 rings (SSSR count). The average molecular weight is 248 g/mol. The summed E-state index contributed by atoms with van der Waals surface area (Å²) in [7, 11) is 0.938. The molecule has 17 heavy (non-hydrogen) atoms. The highest BCUT2D eigenvalue weighted by Crippen LogP contribution is 2.30. The minimum Gasteiger partial charge on any atom is -0.491 e. The summed E-state index contributed by atoms with van der Waals surface area (Å²) in [4.78, 5) is 0. The van der Waals surface area contributed by atoms with Crippen LogP contribution in [0.4, 0.5) is 17.6 Å². The van der Waals surface area contributed by atoms with Crippen molar-refractivity contribution in [2.24, 2.45) is 0 Å². The van der Waals surface area contributed by atoms with E-state index in [0.717, 1.165) is 7.11 Å². The highest BCUT2D eigenvalue weighted by Gasteiger charge is 2.25. The second-order valence-corrected chi connectivity index (χ2v) is 3.72. The van der Waals surface area contributed by atoms with Gasteiger partial charge < -0.3 is 4.74 Å². The lowest BCUT2D eigenvalue weighted by atomic mass is 10.0. The van der Waals surface area contributed by atoms with Crippen LogP contribution in [0.25, 0.3) is 0 Å². The van der Waals surface area contributed by atoms with Crippen molar-refractivity contribution in [3.63, 3.8) is 0 Å². The third-order valence-corrected chi connectivity index (χ3v) is 2.32. The zero-order chi connectivity index (χ0) is 13.2. The van der Waals surface area contributed by atoms with E-state index in [-0.39, 0.29) is 12.8 Å². The van der Waals surface area contributed by atoms with E-state index in [1.807, 2.05) is 0 Å². The summed E-state index contributed by atoms with van der Waals surface area (Å²) < 4.78 is 57.8. The number of allylic oxidation sites excluding steroid dienone is 1. The van der Waals surface area contributed by atoms with Gasteiger partial charge in [-0.3, -0.25) is 0 Å². The van der Waals surface area contributed by atoms with Crippen LogP contribution < -0.4 is 4.74 Å². The van der Waals surface area contributed by atoms with E-state index in [0.29, 0.717) is 5.57 Å². The van der Waals surface area contributed by atoms with Gasteiger partial charge in [-0.1, -0.05) is 5.57 Å². The Morgan fingerprint density at radius 2 is 1.53 bits per heavy atom. The topological polar surface area (TPSA) is 9.23 Å². The Kier molecular flexibility index (Phi) is 4.15. The van der Waals surface area contributed by atoms with Gasteiger partial charge in [0.15, 0.2) is 17.4 Å². The molecule has 94 valence electrons. The number of hydrogen-bond acceptors (Lipinski definition) is 1. The van der Waals surface area contributed by atoms with Gasteiger partial charge in [0.2, 0.25) is 11.6 Å². The SMILES string of the molecule is C=C(C)CCc1c(F)c(F)c(OC)c(F)c1F. The van der Waals surface area contributed by atoms with Crippen molar-refractivity contribution in [2.45, 2.75) is 19.8 Å². The third-order valence-electron chi connectivity index (χ3n) is 2.32. The molecule has 0 bridgehead atoms. The Morgan fingerprint density at radius 1 is 1.06 bits per heavy atom. The fraction of sp³-hybridized carbons (Fsp3) is 0.333. The van der Waals surface area contributed by atoms with Crippen LogP contribution >= 0.6 is 0 Å². The van der Waals surface area contributed by atoms with Gasteiger partial charge in [0.05, 0.1) is 7.11 Å². The fourth-order valence-electron chi connectivity index (χ4n) is 1.39. The molecule has 0 saturated heterocycles. The van der Waals surface area contributed by atoms with Crippen molar-refractivity contribution in [1.29, 1.82) is 0 Å². The minimum atomic E-state index is -1.51. The molecule has 1 aromatic carbocycles. The lowest BCUT2D eigenvalue weighted by Crippen LogP contribution is -2.06. The molecule has 0 spiro atoms. The standard InChI is InChI=1S/C12H12F4O/c1-6(2)4-5-7-8(13)10(15)12(17-3)11(16)9(7)14/h1,4-5H2,2-3H3. The fourth-order valence-corrected chi connectivity index (χ4v) is 1.39. The summed E-state index contributed by atoms with van der Waals surface area (Å²) >= 11 is 0. The molecule has 0 N–H and O–H groups in total. The number of methoxy groups -OCH3 is 1. The Morgan fingerprint density at radius 3 is 1.88 bits per heavy atom. The highest BCUT2D eigenvalue weighted by molar-refractivity contribution is 5.34. The normalized spacial score (nSPS) is 10.5. The van der Waals surface area contributed by atoms with E-state index >= 15 is 0 Å². The number of benzene rings is 1. The van der Waals surface area contributed by atoms with E-state index in [9.17, 15) is 17.6 Å². The van der Waals surface area contributed by atoms with Crippen LogP contribution in [0.1, 0.15) is 18.9 Å². The van der Waals surface area contributed by atoms with Gasteiger partial charge in [-0.25, -0.2) is 8.78 Å². The molecule has 0 fully saturated rings. The first-order valence-corrected chi connectivity index (χ1v) is 4.93. The van der Waals surface area contributed by atoms with Crippen LogP contribution in [0, 0.1) is 23.3 Å². The van der Waals surface area contributed by atoms with Crippen molar-refractivity contribution in [3.8, 4) is 5.75 Å². The first-order chi connectivity index (χ1) is 7.90. The monoisotopic (exact) mass is 248 g/mol. The van der Waals surface area contributed by atoms with Crippen LogP contribution in [0.2, 0.25) is 0 Å². The Balaban J connectivity index is 3.27. The predicted molar refractivity (Wildman–Crippen MR) is 56.0 cm³/mol. The largest absolute Gasteiger partial charge is 0.491 e. The van der Waals surface area contributed by atoms with Crippen LogP contribution in [0.5, 0.6) is 5.75 Å². The van der Waals surface area contributed by atoms with Crippen molar-refractivity contribution >= 4 is 0 Å². The maximum atomic E-state index is 13.4. The maximum absolute atomic E-state index is 13.4. The van der Waals surface area contributed by atoms with Gasteiger partial charge in [-0.05, 0) is 19.8 Å². The summed E-state index contributed by atoms with van der Waals surface area (Å²) in [5, 5.41) is 0. The molecule has 0 saturated carbocycles. The second-order valence-electron chi connectivity index (χ2n) is 3.72. The molecule has 1 aromatic rings. The van der Waals surface area contributed by atoms with E-state index in [2.05, 4.69) is 11.3 Å². The predicted octanol–water partition coefficient (Wildman–Crippen LogP) is 3.76. The summed E-state index contributed by atoms with van der Waals surface area (Å²) in [6.45, 7) is 5.21. The number of halogens is 4. The minimum absolute atomic E-state index is 0.148. The molecular formula is C12H12F4O. The van der Waals surface area contributed by atoms with Gasteiger partial charge in [0, 0.05) is 5.56 Å². The summed E-state index contributed by atoms with van der Waals surface area (Å²) in [6.07, 6.45) is 0.101. The quantitative estimate of drug-likeness (QED) is 0.448. The number of ether oxygens (including phenoxy) is 1. The van der Waals surface area contributed by atoms with Crippen molar-refractivity contribution in [3.05, 3.63) is 41.0 Å². The maximum Gasteiger partial charge on any atom is 0.204 e. The number of hydrogen-bond donors (Lipinski definition) is 0. The van der Waals surface area contributed by atoms with E-state index in [1.165, 1.54) is 0 Å². The second kappa shape index (κ2) is 5.21. The number of rotatable bonds is 4. The summed E-state index contributed by atoms with van der Waals surface area (Å²) in [5.74, 6) is -6.89. The first kappa shape index (κ1) is 13.5. The van der Waals surface area contributed by atoms with Gasteiger partial charge in [-0.15, -0.1) is 6.58 Å². The van der Waals surface area contributed by atoms with E-state index < -0.39 is 34.6 Å². The third kappa shape index (κ3) is 2.60. The molecule has 1 nitrogen and oxygen atoms in total. The molecule has 0 aliphatic carbocycles. The lowest BCUT2D eigenvalue weighted by molar-refractivity contribution is 0.328. The first-order valence-electron chi connectivity index (χ1n) is 4.93. The summed E-state index contributed by atoms with van der Waals surface area (Å²) in [5.41, 5.74) is 0.0456. The Labute approximate surface area is 96.7 Å². The molecule has 0 amide bonds. The van der Waals surface area contributed by atoms with Gasteiger partial charge in [0.25, 0.3) is 0 Å². The Hall–Kier alpha value is -1.52. The molecule has 5 heteroatoms. The van der Waals surface area contributed by atoms with E-state index in [1.54, 1.807) is 6.92 Å². The van der Waals surface area contributed by atoms with Gasteiger partial charge in [0.1, 0.15) is 0 Å². The van der Waals surface area contributed by atoms with Crippen molar-refractivity contribution in [1.82, 2.24) is 0 Å². The van der Waals surface area contributed by atoms with Crippen molar-refractivity contribution in [2.75, 3.05) is 7.11 Å². The zero-order valence-electron chi connectivity index (χ0n) is 9.54. The zero-order valence-corrected chi connectivity index (χ0v) is 9.54. The average Bonchev–Trinajstić information content (AvgIpc) is 2.27. The van der Waals surface area contributed by atoms with Crippen LogP contribution in [-0.4, -0.2) is 7.11 Å². The molecule has 0 unspecified atom stereocenters. The molecule has 0 atom stereocenters. The lowest BCUT2D eigenvalue weighted by Gasteiger charge is -2.10. The molecular weight excluding hydrogens is 236 g/mol. The van der Waals surface area contributed by atoms with Crippen molar-refractivity contribution < 1.29 is 22.3 Å². The molecule has 0 aromatic heterocycles. The van der Waals surface area contributed by atoms with Gasteiger partial charge in [-0.2, -0.15) is 8.78 Å². The highest BCUT2D eigenvalue weighted by atomic mass is 19.2. The van der Waals surface area contributed by atoms with Crippen LogP contribution in [0.3, 0.4) is 0 Å². The summed E-state index contributed by atoms with van der Waals surface area (Å²) in [6, 6.07) is 0.